The Morgan fingerprint density at radius 2 is 1.79 bits per heavy atom. The fourth-order valence-electron chi connectivity index (χ4n) is 8.59. The third-order valence-electron chi connectivity index (χ3n) is 11.0. The van der Waals surface area contributed by atoms with E-state index in [9.17, 15) is 24.0 Å². The normalized spacial score (nSPS) is 30.2. The fourth-order valence-corrected chi connectivity index (χ4v) is 8.80. The van der Waals surface area contributed by atoms with Gasteiger partial charge in [0.05, 0.1) is 19.2 Å². The maximum absolute atomic E-state index is 14.6. The van der Waals surface area contributed by atoms with E-state index in [2.05, 4.69) is 13.8 Å². The molecule has 3 saturated heterocycles. The molecule has 1 aromatic carbocycles. The average molecular weight is 679 g/mol. The largest absolute Gasteiger partial charge is 0.468 e. The molecule has 5 aliphatic rings. The Hall–Kier alpha value is -3.66. The number of carbonyl (C=O) groups is 5. The Balaban J connectivity index is 1.23. The van der Waals surface area contributed by atoms with Gasteiger partial charge < -0.3 is 24.3 Å². The number of benzene rings is 1. The molecule has 3 fully saturated rings. The van der Waals surface area contributed by atoms with E-state index in [0.29, 0.717) is 63.1 Å². The van der Waals surface area contributed by atoms with Gasteiger partial charge in [0.1, 0.15) is 24.2 Å². The van der Waals surface area contributed by atoms with E-state index < -0.39 is 29.5 Å². The first-order chi connectivity index (χ1) is 23.0. The summed E-state index contributed by atoms with van der Waals surface area (Å²) in [5, 5.41) is 0.610. The van der Waals surface area contributed by atoms with Crippen LogP contribution in [0.3, 0.4) is 0 Å². The zero-order chi connectivity index (χ0) is 34.3. The van der Waals surface area contributed by atoms with Gasteiger partial charge >= 0.3 is 5.97 Å². The number of ether oxygens (including phenoxy) is 1. The second-order valence-electron chi connectivity index (χ2n) is 14.5. The van der Waals surface area contributed by atoms with Crippen LogP contribution in [0.2, 0.25) is 5.02 Å². The standard InChI is InChI=1S/C37H47ClN4O6/c1-23(2)20-28-11-10-25-15-19-39(32(25)35(46)40(28)22-31(43)48-4)34(45)30-13-12-27-14-17-37(36(47)42(27)30)16-7-18-41(37)33(44)24(3)21-26-8-5-6-9-29(26)38/h5-6,8-11,14,17,23-25,27-28,30,32H,7,12-13,15-16,18-22H2,1-4H3/t24-,25-,27-,28-,30-,32-,37+/m0/s1. The Morgan fingerprint density at radius 3 is 2.52 bits per heavy atom. The monoisotopic (exact) mass is 678 g/mol. The molecule has 1 spiro atoms. The summed E-state index contributed by atoms with van der Waals surface area (Å²) in [7, 11) is 1.30. The molecule has 0 aliphatic carbocycles. The predicted molar refractivity (Wildman–Crippen MR) is 181 cm³/mol. The SMILES string of the molecule is COC(=O)CN1C(=O)[C@@H]2[C@@H](C=C[C@H]1CC(C)C)CCN2C(=O)[C@@H]1CC[C@H]2C=C[C@]3(CCCN3C(=O)[C@@H](C)Cc3ccccc3Cl)C(=O)N21. The van der Waals surface area contributed by atoms with Crippen molar-refractivity contribution in [3.05, 3.63) is 59.2 Å². The summed E-state index contributed by atoms with van der Waals surface area (Å²) in [5.74, 6) is -1.62. The highest BCUT2D eigenvalue weighted by atomic mass is 35.5. The molecule has 0 radical (unpaired) electrons. The van der Waals surface area contributed by atoms with Crippen molar-refractivity contribution >= 4 is 41.2 Å². The molecule has 48 heavy (non-hydrogen) atoms. The Bertz CT molecular complexity index is 1530. The Labute approximate surface area is 288 Å². The highest BCUT2D eigenvalue weighted by Gasteiger charge is 2.58. The van der Waals surface area contributed by atoms with E-state index in [-0.39, 0.29) is 54.1 Å². The molecule has 5 aliphatic heterocycles. The summed E-state index contributed by atoms with van der Waals surface area (Å²) >= 11 is 6.40. The molecule has 11 heteroatoms. The quantitative estimate of drug-likeness (QED) is 0.304. The van der Waals surface area contributed by atoms with Gasteiger partial charge in [-0.15, -0.1) is 0 Å². The Morgan fingerprint density at radius 1 is 1.02 bits per heavy atom. The van der Waals surface area contributed by atoms with E-state index in [1.54, 1.807) is 19.6 Å². The maximum atomic E-state index is 14.6. The van der Waals surface area contributed by atoms with E-state index in [4.69, 9.17) is 16.3 Å². The minimum absolute atomic E-state index is 0.106. The van der Waals surface area contributed by atoms with Gasteiger partial charge in [-0.2, -0.15) is 0 Å². The lowest BCUT2D eigenvalue weighted by atomic mass is 9.87. The number of hydrogen-bond acceptors (Lipinski definition) is 6. The summed E-state index contributed by atoms with van der Waals surface area (Å²) in [6.45, 7) is 6.67. The molecule has 0 aromatic heterocycles. The molecule has 258 valence electrons. The molecule has 0 N–H and O–H groups in total. The van der Waals surface area contributed by atoms with Crippen LogP contribution in [-0.4, -0.2) is 106 Å². The molecular formula is C37H47ClN4O6. The van der Waals surface area contributed by atoms with Gasteiger partial charge in [0.2, 0.25) is 17.7 Å². The third-order valence-corrected chi connectivity index (χ3v) is 11.4. The summed E-state index contributed by atoms with van der Waals surface area (Å²) in [4.78, 5) is 76.3. The molecule has 0 unspecified atom stereocenters. The van der Waals surface area contributed by atoms with Crippen LogP contribution in [0, 0.1) is 17.8 Å². The third kappa shape index (κ3) is 6.05. The van der Waals surface area contributed by atoms with Gasteiger partial charge in [0, 0.05) is 29.9 Å². The first kappa shape index (κ1) is 34.2. The second-order valence-corrected chi connectivity index (χ2v) is 14.9. The van der Waals surface area contributed by atoms with Crippen molar-refractivity contribution in [3.63, 3.8) is 0 Å². The van der Waals surface area contributed by atoms with Crippen molar-refractivity contribution in [1.82, 2.24) is 19.6 Å². The first-order valence-corrected chi connectivity index (χ1v) is 17.8. The number of methoxy groups -OCH3 is 1. The number of nitrogens with zero attached hydrogens (tertiary/aromatic N) is 4. The smallest absolute Gasteiger partial charge is 0.325 e. The molecule has 5 heterocycles. The van der Waals surface area contributed by atoms with Gasteiger partial charge in [0.25, 0.3) is 5.91 Å². The van der Waals surface area contributed by atoms with Crippen LogP contribution in [0.5, 0.6) is 0 Å². The minimum Gasteiger partial charge on any atom is -0.468 e. The highest BCUT2D eigenvalue weighted by molar-refractivity contribution is 6.31. The second kappa shape index (κ2) is 13.7. The van der Waals surface area contributed by atoms with Crippen molar-refractivity contribution in [1.29, 1.82) is 0 Å². The van der Waals surface area contributed by atoms with Crippen molar-refractivity contribution in [2.45, 2.75) is 95.4 Å². The molecule has 1 aromatic rings. The summed E-state index contributed by atoms with van der Waals surface area (Å²) in [5.41, 5.74) is -0.252. The first-order valence-electron chi connectivity index (χ1n) is 17.4. The van der Waals surface area contributed by atoms with Crippen molar-refractivity contribution in [2.75, 3.05) is 26.7 Å². The van der Waals surface area contributed by atoms with Gasteiger partial charge in [-0.3, -0.25) is 24.0 Å². The van der Waals surface area contributed by atoms with Crippen LogP contribution in [-0.2, 0) is 35.1 Å². The van der Waals surface area contributed by atoms with E-state index in [1.165, 1.54) is 7.11 Å². The number of likely N-dealkylation sites (tertiary alicyclic amines) is 2. The highest BCUT2D eigenvalue weighted by Crippen LogP contribution is 2.43. The van der Waals surface area contributed by atoms with Crippen molar-refractivity contribution in [2.24, 2.45) is 17.8 Å². The molecule has 7 atom stereocenters. The van der Waals surface area contributed by atoms with Crippen LogP contribution in [0.15, 0.2) is 48.6 Å². The van der Waals surface area contributed by atoms with Crippen LogP contribution >= 0.6 is 11.6 Å². The lowest BCUT2D eigenvalue weighted by Crippen LogP contribution is -2.64. The molecule has 10 nitrogen and oxygen atoms in total. The van der Waals surface area contributed by atoms with Gasteiger partial charge in [-0.1, -0.05) is 74.9 Å². The van der Waals surface area contributed by atoms with E-state index in [1.807, 2.05) is 55.5 Å². The topological polar surface area (TPSA) is 108 Å². The van der Waals surface area contributed by atoms with Crippen LogP contribution < -0.4 is 0 Å². The number of amides is 4. The summed E-state index contributed by atoms with van der Waals surface area (Å²) in [6.07, 6.45) is 12.0. The van der Waals surface area contributed by atoms with Gasteiger partial charge in [-0.05, 0) is 62.5 Å². The summed E-state index contributed by atoms with van der Waals surface area (Å²) < 4.78 is 4.93. The Kier molecular flexibility index (Phi) is 9.76. The van der Waals surface area contributed by atoms with Crippen LogP contribution in [0.25, 0.3) is 0 Å². The van der Waals surface area contributed by atoms with Crippen molar-refractivity contribution in [3.8, 4) is 0 Å². The lowest BCUT2D eigenvalue weighted by Gasteiger charge is -2.45. The van der Waals surface area contributed by atoms with Crippen LogP contribution in [0.4, 0.5) is 0 Å². The zero-order valence-electron chi connectivity index (χ0n) is 28.3. The molecule has 6 rings (SSSR count). The molecular weight excluding hydrogens is 632 g/mol. The average Bonchev–Trinajstić information content (AvgIpc) is 3.79. The maximum Gasteiger partial charge on any atom is 0.325 e. The fraction of sp³-hybridized carbons (Fsp3) is 0.595. The number of fused-ring (bicyclic) bond motifs is 2. The predicted octanol–water partition coefficient (Wildman–Crippen LogP) is 4.01. The van der Waals surface area contributed by atoms with Gasteiger partial charge in [-0.25, -0.2) is 0 Å². The number of hydrogen-bond donors (Lipinski definition) is 0. The zero-order valence-corrected chi connectivity index (χ0v) is 29.1. The lowest BCUT2D eigenvalue weighted by molar-refractivity contribution is -0.158. The number of halogens is 1. The molecule has 0 saturated carbocycles. The number of rotatable bonds is 8. The van der Waals surface area contributed by atoms with E-state index in [0.717, 1.165) is 5.56 Å². The molecule has 0 bridgehead atoms. The van der Waals surface area contributed by atoms with Crippen molar-refractivity contribution < 1.29 is 28.7 Å². The van der Waals surface area contributed by atoms with Gasteiger partial charge in [0.15, 0.2) is 0 Å². The van der Waals surface area contributed by atoms with Crippen LogP contribution in [0.1, 0.15) is 64.9 Å². The molecule has 4 amide bonds. The van der Waals surface area contributed by atoms with E-state index >= 15 is 0 Å². The minimum atomic E-state index is -1.14. The number of carbonyl (C=O) groups excluding carboxylic acids is 5. The number of esters is 1. The summed E-state index contributed by atoms with van der Waals surface area (Å²) in [6, 6.07) is 5.47.